The van der Waals surface area contributed by atoms with E-state index in [4.69, 9.17) is 9.57 Å². The zero-order valence-corrected chi connectivity index (χ0v) is 16.9. The molecule has 0 aliphatic carbocycles. The zero-order valence-electron chi connectivity index (χ0n) is 16.9. The Hall–Kier alpha value is -3.49. The van der Waals surface area contributed by atoms with Crippen molar-refractivity contribution in [3.8, 4) is 0 Å². The van der Waals surface area contributed by atoms with E-state index in [9.17, 15) is 26.7 Å². The van der Waals surface area contributed by atoms with Crippen LogP contribution in [0.25, 0.3) is 10.8 Å². The van der Waals surface area contributed by atoms with Crippen molar-refractivity contribution in [2.75, 3.05) is 7.11 Å². The Balaban J connectivity index is 1.84. The van der Waals surface area contributed by atoms with Gasteiger partial charge in [0.2, 0.25) is 0 Å². The average Bonchev–Trinajstić information content (AvgIpc) is 3.22. The molecule has 0 aromatic heterocycles. The molecule has 1 aliphatic heterocycles. The molecule has 0 amide bonds. The number of nitrogens with zero attached hydrogens (tertiary/aromatic N) is 1. The first kappa shape index (κ1) is 21.7. The van der Waals surface area contributed by atoms with Crippen molar-refractivity contribution < 1.29 is 36.3 Å². The Labute approximate surface area is 179 Å². The van der Waals surface area contributed by atoms with Gasteiger partial charge in [0.15, 0.2) is 11.6 Å². The number of carbonyl (C=O) groups is 1. The van der Waals surface area contributed by atoms with Crippen LogP contribution in [0, 0.1) is 18.6 Å². The summed E-state index contributed by atoms with van der Waals surface area (Å²) in [5.74, 6) is -3.23. The van der Waals surface area contributed by atoms with Gasteiger partial charge in [0.25, 0.3) is 5.60 Å². The van der Waals surface area contributed by atoms with Gasteiger partial charge in [0, 0.05) is 17.5 Å². The Morgan fingerprint density at radius 1 is 1.09 bits per heavy atom. The first-order valence-electron chi connectivity index (χ1n) is 9.47. The molecule has 0 saturated carbocycles. The minimum atomic E-state index is -4.98. The van der Waals surface area contributed by atoms with Gasteiger partial charge in [-0.15, -0.1) is 0 Å². The minimum absolute atomic E-state index is 0.0441. The fourth-order valence-corrected chi connectivity index (χ4v) is 3.85. The topological polar surface area (TPSA) is 47.9 Å². The number of carbonyl (C=O) groups excluding carboxylic acids is 1. The Morgan fingerprint density at radius 3 is 2.41 bits per heavy atom. The van der Waals surface area contributed by atoms with Gasteiger partial charge in [-0.2, -0.15) is 13.2 Å². The summed E-state index contributed by atoms with van der Waals surface area (Å²) in [5, 5.41) is 4.63. The highest BCUT2D eigenvalue weighted by Crippen LogP contribution is 2.49. The van der Waals surface area contributed by atoms with Gasteiger partial charge in [0.1, 0.15) is 0 Å². The lowest BCUT2D eigenvalue weighted by Gasteiger charge is -2.29. The first-order valence-corrected chi connectivity index (χ1v) is 9.47. The van der Waals surface area contributed by atoms with Crippen molar-refractivity contribution >= 4 is 22.5 Å². The summed E-state index contributed by atoms with van der Waals surface area (Å²) in [7, 11) is 1.22. The average molecular weight is 449 g/mol. The van der Waals surface area contributed by atoms with E-state index in [0.717, 1.165) is 6.07 Å². The number of hydrogen-bond acceptors (Lipinski definition) is 4. The number of rotatable bonds is 3. The molecule has 1 aliphatic rings. The highest BCUT2D eigenvalue weighted by molar-refractivity contribution is 6.15. The standard InChI is InChI=1S/C23H16F5NO3/c1-12-9-13(10-18(24)20(12)25)22(23(26,27)28)11-19(29-32-22)16-7-8-17(21(30)31-2)15-6-4-3-5-14(15)16/h3-10H,11H2,1-2H3. The normalized spacial score (nSPS) is 18.4. The molecule has 3 aromatic rings. The molecule has 4 rings (SSSR count). The van der Waals surface area contributed by atoms with Crippen LogP contribution in [0.2, 0.25) is 0 Å². The number of fused-ring (bicyclic) bond motifs is 1. The molecular formula is C23H16F5NO3. The smallest absolute Gasteiger partial charge is 0.435 e. The number of oxime groups is 1. The number of halogens is 5. The summed E-state index contributed by atoms with van der Waals surface area (Å²) < 4.78 is 75.1. The lowest BCUT2D eigenvalue weighted by molar-refractivity contribution is -0.276. The maximum Gasteiger partial charge on any atom is 0.435 e. The van der Waals surface area contributed by atoms with E-state index in [0.29, 0.717) is 22.4 Å². The fraction of sp³-hybridized carbons (Fsp3) is 0.217. The maximum atomic E-state index is 14.2. The second kappa shape index (κ2) is 7.58. The first-order chi connectivity index (χ1) is 15.1. The Morgan fingerprint density at radius 2 is 1.78 bits per heavy atom. The molecule has 4 nitrogen and oxygen atoms in total. The number of ether oxygens (including phenoxy) is 1. The van der Waals surface area contributed by atoms with Gasteiger partial charge in [0.05, 0.1) is 18.4 Å². The molecule has 32 heavy (non-hydrogen) atoms. The predicted octanol–water partition coefficient (Wildman–Crippen LogP) is 5.80. The van der Waals surface area contributed by atoms with E-state index in [1.807, 2.05) is 0 Å². The minimum Gasteiger partial charge on any atom is -0.465 e. The lowest BCUT2D eigenvalue weighted by atomic mass is 9.84. The molecule has 1 atom stereocenters. The predicted molar refractivity (Wildman–Crippen MR) is 106 cm³/mol. The van der Waals surface area contributed by atoms with Crippen molar-refractivity contribution in [1.29, 1.82) is 0 Å². The molecule has 166 valence electrons. The van der Waals surface area contributed by atoms with Crippen LogP contribution in [0.3, 0.4) is 0 Å². The molecule has 0 bridgehead atoms. The second-order valence-electron chi connectivity index (χ2n) is 7.42. The summed E-state index contributed by atoms with van der Waals surface area (Å²) in [4.78, 5) is 17.0. The summed E-state index contributed by atoms with van der Waals surface area (Å²) in [6.07, 6.45) is -5.74. The highest BCUT2D eigenvalue weighted by atomic mass is 19.4. The van der Waals surface area contributed by atoms with Crippen LogP contribution in [0.1, 0.15) is 33.5 Å². The Bertz CT molecular complexity index is 1250. The number of esters is 1. The van der Waals surface area contributed by atoms with Crippen molar-refractivity contribution in [2.24, 2.45) is 5.16 Å². The fourth-order valence-electron chi connectivity index (χ4n) is 3.85. The van der Waals surface area contributed by atoms with Crippen LogP contribution >= 0.6 is 0 Å². The number of hydrogen-bond donors (Lipinski definition) is 0. The van der Waals surface area contributed by atoms with Crippen LogP contribution in [0.4, 0.5) is 22.0 Å². The number of benzene rings is 3. The molecule has 0 fully saturated rings. The number of aryl methyl sites for hydroxylation is 1. The molecule has 9 heteroatoms. The van der Waals surface area contributed by atoms with Gasteiger partial charge >= 0.3 is 12.1 Å². The zero-order chi connectivity index (χ0) is 23.3. The molecule has 1 unspecified atom stereocenters. The van der Waals surface area contributed by atoms with Gasteiger partial charge in [-0.25, -0.2) is 13.6 Å². The van der Waals surface area contributed by atoms with Crippen molar-refractivity contribution in [2.45, 2.75) is 25.1 Å². The Kier molecular flexibility index (Phi) is 5.15. The molecule has 1 heterocycles. The summed E-state index contributed by atoms with van der Waals surface area (Å²) in [6, 6.07) is 10.9. The number of methoxy groups -OCH3 is 1. The van der Waals surface area contributed by atoms with E-state index < -0.39 is 41.4 Å². The molecule has 3 aromatic carbocycles. The monoisotopic (exact) mass is 449 g/mol. The second-order valence-corrected chi connectivity index (χ2v) is 7.42. The van der Waals surface area contributed by atoms with Gasteiger partial charge in [-0.1, -0.05) is 35.5 Å². The molecule has 0 radical (unpaired) electrons. The van der Waals surface area contributed by atoms with Crippen molar-refractivity contribution in [1.82, 2.24) is 0 Å². The third kappa shape index (κ3) is 3.28. The third-order valence-corrected chi connectivity index (χ3v) is 5.50. The summed E-state index contributed by atoms with van der Waals surface area (Å²) in [6.45, 7) is 1.17. The van der Waals surface area contributed by atoms with Crippen molar-refractivity contribution in [3.63, 3.8) is 0 Å². The van der Waals surface area contributed by atoms with Crippen LogP contribution in [0.15, 0.2) is 53.7 Å². The van der Waals surface area contributed by atoms with E-state index in [-0.39, 0.29) is 16.8 Å². The van der Waals surface area contributed by atoms with Gasteiger partial charge < -0.3 is 9.57 Å². The lowest BCUT2D eigenvalue weighted by Crippen LogP contribution is -2.43. The third-order valence-electron chi connectivity index (χ3n) is 5.50. The largest absolute Gasteiger partial charge is 0.465 e. The maximum absolute atomic E-state index is 14.2. The van der Waals surface area contributed by atoms with E-state index >= 15 is 0 Å². The quantitative estimate of drug-likeness (QED) is 0.375. The molecule has 0 spiro atoms. The highest BCUT2D eigenvalue weighted by Gasteiger charge is 2.62. The van der Waals surface area contributed by atoms with Crippen LogP contribution in [0.5, 0.6) is 0 Å². The van der Waals surface area contributed by atoms with Crippen molar-refractivity contribution in [3.05, 3.63) is 82.4 Å². The molecular weight excluding hydrogens is 433 g/mol. The molecule has 0 saturated heterocycles. The summed E-state index contributed by atoms with van der Waals surface area (Å²) in [5.41, 5.74) is -3.34. The molecule has 0 N–H and O–H groups in total. The van der Waals surface area contributed by atoms with Gasteiger partial charge in [-0.3, -0.25) is 0 Å². The van der Waals surface area contributed by atoms with Gasteiger partial charge in [-0.05, 0) is 41.5 Å². The van der Waals surface area contributed by atoms with Crippen LogP contribution < -0.4 is 0 Å². The van der Waals surface area contributed by atoms with Crippen LogP contribution in [-0.2, 0) is 15.2 Å². The SMILES string of the molecule is COC(=O)c1ccc(C2=NOC(c3cc(C)c(F)c(F)c3)(C(F)(F)F)C2)c2ccccc12. The number of alkyl halides is 3. The van der Waals surface area contributed by atoms with E-state index in [2.05, 4.69) is 5.16 Å². The van der Waals surface area contributed by atoms with E-state index in [1.165, 1.54) is 26.2 Å². The summed E-state index contributed by atoms with van der Waals surface area (Å²) >= 11 is 0. The van der Waals surface area contributed by atoms with E-state index in [1.54, 1.807) is 24.3 Å². The van der Waals surface area contributed by atoms with Crippen LogP contribution in [-0.4, -0.2) is 25.0 Å².